The molecule has 10 N–H and O–H groups in total. The number of nitrogens with two attached hydrogens (primary N) is 2. The van der Waals surface area contributed by atoms with Crippen molar-refractivity contribution in [2.75, 3.05) is 12.3 Å². The van der Waals surface area contributed by atoms with Crippen molar-refractivity contribution < 1.29 is 48.8 Å². The number of hydrogen-bond acceptors (Lipinski definition) is 12. The summed E-state index contributed by atoms with van der Waals surface area (Å²) in [6.07, 6.45) is -2.22. The smallest absolute Gasteiger partial charge is 0.469 e. The molecule has 4 rings (SSSR count). The summed E-state index contributed by atoms with van der Waals surface area (Å²) in [4.78, 5) is 39.6. The summed E-state index contributed by atoms with van der Waals surface area (Å²) >= 11 is 0. The second-order valence-corrected chi connectivity index (χ2v) is 8.97. The van der Waals surface area contributed by atoms with E-state index in [9.17, 15) is 19.6 Å². The number of phosphoric acid groups is 1. The fraction of sp³-hybridized carbons (Fsp3) is 0.368. The third-order valence-corrected chi connectivity index (χ3v) is 5.60. The molecule has 1 aliphatic heterocycles. The highest BCUT2D eigenvalue weighted by atomic mass is 31.2. The van der Waals surface area contributed by atoms with Gasteiger partial charge in [0.05, 0.1) is 12.9 Å². The van der Waals surface area contributed by atoms with Crippen molar-refractivity contribution in [2.24, 2.45) is 5.73 Å². The first-order chi connectivity index (χ1) is 16.9. The van der Waals surface area contributed by atoms with Crippen LogP contribution in [0, 0.1) is 0 Å². The summed E-state index contributed by atoms with van der Waals surface area (Å²) in [5, 5.41) is 37.5. The zero-order valence-corrected chi connectivity index (χ0v) is 19.4. The minimum atomic E-state index is -4.72. The van der Waals surface area contributed by atoms with Crippen LogP contribution in [0.15, 0.2) is 36.9 Å². The molecule has 0 saturated carbocycles. The van der Waals surface area contributed by atoms with Gasteiger partial charge in [-0.1, -0.05) is 12.1 Å². The van der Waals surface area contributed by atoms with Crippen LogP contribution in [0.2, 0.25) is 0 Å². The molecule has 1 unspecified atom stereocenters. The van der Waals surface area contributed by atoms with Crippen molar-refractivity contribution in [3.05, 3.63) is 42.5 Å². The fourth-order valence-electron chi connectivity index (χ4n) is 3.30. The molecule has 1 aromatic carbocycles. The van der Waals surface area contributed by atoms with Gasteiger partial charge in [0.1, 0.15) is 41.9 Å². The van der Waals surface area contributed by atoms with E-state index >= 15 is 0 Å². The highest BCUT2D eigenvalue weighted by Gasteiger charge is 2.45. The zero-order chi connectivity index (χ0) is 26.6. The van der Waals surface area contributed by atoms with Gasteiger partial charge in [-0.05, 0) is 24.1 Å². The lowest BCUT2D eigenvalue weighted by Gasteiger charge is -2.16. The fourth-order valence-corrected chi connectivity index (χ4v) is 3.64. The van der Waals surface area contributed by atoms with E-state index in [0.29, 0.717) is 5.52 Å². The van der Waals surface area contributed by atoms with Crippen LogP contribution in [0.4, 0.5) is 5.82 Å². The van der Waals surface area contributed by atoms with Gasteiger partial charge in [-0.25, -0.2) is 19.5 Å². The summed E-state index contributed by atoms with van der Waals surface area (Å²) in [6.45, 7) is -0.594. The monoisotopic (exact) mass is 528 g/mol. The maximum atomic E-state index is 10.7. The van der Waals surface area contributed by atoms with E-state index in [2.05, 4.69) is 19.5 Å². The molecule has 0 spiro atoms. The van der Waals surface area contributed by atoms with Crippen molar-refractivity contribution in [1.29, 1.82) is 0 Å². The normalized spacial score (nSPS) is 22.7. The summed E-state index contributed by atoms with van der Waals surface area (Å²) in [5.41, 5.74) is 12.4. The third kappa shape index (κ3) is 6.71. The van der Waals surface area contributed by atoms with Gasteiger partial charge in [0.15, 0.2) is 17.7 Å². The Morgan fingerprint density at radius 1 is 1.17 bits per heavy atom. The average Bonchev–Trinajstić information content (AvgIpc) is 3.36. The lowest BCUT2D eigenvalue weighted by molar-refractivity contribution is -0.138. The molecule has 5 atom stereocenters. The van der Waals surface area contributed by atoms with Gasteiger partial charge in [-0.3, -0.25) is 13.9 Å². The Morgan fingerprint density at radius 2 is 1.83 bits per heavy atom. The number of aliphatic hydroxyl groups is 2. The summed E-state index contributed by atoms with van der Waals surface area (Å²) < 4.78 is 21.8. The van der Waals surface area contributed by atoms with E-state index in [-0.39, 0.29) is 23.6 Å². The van der Waals surface area contributed by atoms with E-state index in [1.54, 1.807) is 12.1 Å². The molecular formula is C19H25N6O10P. The number of carboxylic acids is 1. The van der Waals surface area contributed by atoms with Crippen LogP contribution in [0.3, 0.4) is 0 Å². The van der Waals surface area contributed by atoms with E-state index in [0.717, 1.165) is 5.56 Å². The molecule has 3 aromatic rings. The number of aliphatic carboxylic acids is 1. The van der Waals surface area contributed by atoms with Gasteiger partial charge in [-0.15, -0.1) is 0 Å². The van der Waals surface area contributed by atoms with Crippen molar-refractivity contribution in [3.8, 4) is 5.75 Å². The average molecular weight is 528 g/mol. The largest absolute Gasteiger partial charge is 0.508 e. The van der Waals surface area contributed by atoms with Crippen LogP contribution < -0.4 is 11.5 Å². The topological polar surface area (TPSA) is 270 Å². The molecule has 0 aliphatic carbocycles. The van der Waals surface area contributed by atoms with Crippen LogP contribution in [0.1, 0.15) is 11.8 Å². The Labute approximate surface area is 203 Å². The standard InChI is InChI=1S/C10H14N5O7P.C9H11NO3/c11-8-5-9(13-2-12-8)15(3-14-5)10-7(17)6(16)4(22-10)1-21-23(18,19)20;10-8(9(12)13)5-6-1-3-7(11)4-2-6/h2-4,6-7,10,16-17H,1H2,(H2,11,12,13)(H2,18,19,20);1-4,8,11H,5,10H2,(H,12,13)/t4-,6-,7-,10-;/m1./s1. The van der Waals surface area contributed by atoms with Crippen LogP contribution >= 0.6 is 7.82 Å². The second kappa shape index (κ2) is 11.2. The maximum Gasteiger partial charge on any atom is 0.469 e. The Hall–Kier alpha value is -3.21. The van der Waals surface area contributed by atoms with Gasteiger partial charge < -0.3 is 46.4 Å². The summed E-state index contributed by atoms with van der Waals surface area (Å²) in [7, 11) is -4.72. The Balaban J connectivity index is 0.000000236. The number of phenolic OH excluding ortho intramolecular Hbond substituents is 1. The number of rotatable bonds is 7. The molecule has 2 aromatic heterocycles. The number of benzene rings is 1. The van der Waals surface area contributed by atoms with E-state index in [1.165, 1.54) is 29.4 Å². The molecule has 3 heterocycles. The highest BCUT2D eigenvalue weighted by molar-refractivity contribution is 7.46. The molecule has 1 saturated heterocycles. The van der Waals surface area contributed by atoms with Crippen molar-refractivity contribution in [3.63, 3.8) is 0 Å². The Bertz CT molecular complexity index is 1240. The van der Waals surface area contributed by atoms with Gasteiger partial charge in [0.25, 0.3) is 0 Å². The minimum Gasteiger partial charge on any atom is -0.508 e. The van der Waals surface area contributed by atoms with Gasteiger partial charge in [0.2, 0.25) is 0 Å². The predicted octanol–water partition coefficient (Wildman–Crippen LogP) is -1.52. The first-order valence-electron chi connectivity index (χ1n) is 10.3. The first kappa shape index (κ1) is 27.4. The number of fused-ring (bicyclic) bond motifs is 1. The van der Waals surface area contributed by atoms with Crippen LogP contribution in [0.25, 0.3) is 11.2 Å². The number of imidazole rings is 1. The zero-order valence-electron chi connectivity index (χ0n) is 18.5. The van der Waals surface area contributed by atoms with E-state index < -0.39 is 51.0 Å². The van der Waals surface area contributed by atoms with Gasteiger partial charge in [0, 0.05) is 0 Å². The molecule has 36 heavy (non-hydrogen) atoms. The molecule has 1 aliphatic rings. The molecule has 17 heteroatoms. The molecule has 0 amide bonds. The lowest BCUT2D eigenvalue weighted by atomic mass is 10.1. The number of nitrogens with zero attached hydrogens (tertiary/aromatic N) is 4. The second-order valence-electron chi connectivity index (χ2n) is 7.73. The van der Waals surface area contributed by atoms with E-state index in [1.807, 2.05) is 0 Å². The minimum absolute atomic E-state index is 0.142. The Kier molecular flexibility index (Phi) is 8.55. The van der Waals surface area contributed by atoms with Crippen LogP contribution in [0.5, 0.6) is 5.75 Å². The number of hydrogen-bond donors (Lipinski definition) is 8. The molecule has 196 valence electrons. The van der Waals surface area contributed by atoms with Crippen LogP contribution in [-0.4, -0.2) is 86.7 Å². The summed E-state index contributed by atoms with van der Waals surface area (Å²) in [5.74, 6) is -0.719. The number of nitrogen functional groups attached to an aromatic ring is 1. The number of phenols is 1. The number of aromatic hydroxyl groups is 1. The number of anilines is 1. The number of carbonyl (C=O) groups is 1. The number of carboxylic acid groups (broad SMARTS) is 1. The SMILES string of the molecule is NC(Cc1ccc(O)cc1)C(=O)O.Nc1ncnc2c1ncn2[C@@H]1O[C@H](COP(=O)(O)O)[C@@H](O)[C@H]1O. The van der Waals surface area contributed by atoms with Gasteiger partial charge in [-0.2, -0.15) is 0 Å². The number of phosphoric ester groups is 1. The number of aliphatic hydroxyl groups excluding tert-OH is 2. The predicted molar refractivity (Wildman–Crippen MR) is 121 cm³/mol. The van der Waals surface area contributed by atoms with E-state index in [4.69, 9.17) is 36.2 Å². The van der Waals surface area contributed by atoms with Crippen molar-refractivity contribution in [1.82, 2.24) is 19.5 Å². The molecule has 0 radical (unpaired) electrons. The van der Waals surface area contributed by atoms with Crippen molar-refractivity contribution >= 4 is 30.8 Å². The number of aromatic nitrogens is 4. The maximum absolute atomic E-state index is 10.7. The quantitative estimate of drug-likeness (QED) is 0.162. The lowest BCUT2D eigenvalue weighted by Crippen LogP contribution is -2.33. The molecule has 1 fully saturated rings. The first-order valence-corrected chi connectivity index (χ1v) is 11.8. The molecular weight excluding hydrogens is 503 g/mol. The number of ether oxygens (including phenoxy) is 1. The highest BCUT2D eigenvalue weighted by Crippen LogP contribution is 2.38. The van der Waals surface area contributed by atoms with Crippen LogP contribution in [-0.2, 0) is 25.0 Å². The van der Waals surface area contributed by atoms with Crippen molar-refractivity contribution in [2.45, 2.75) is 37.0 Å². The molecule has 16 nitrogen and oxygen atoms in total. The third-order valence-electron chi connectivity index (χ3n) is 5.11. The summed E-state index contributed by atoms with van der Waals surface area (Å²) in [6, 6.07) is 5.42. The molecule has 0 bridgehead atoms. The Morgan fingerprint density at radius 3 is 2.44 bits per heavy atom. The van der Waals surface area contributed by atoms with Gasteiger partial charge >= 0.3 is 13.8 Å².